The van der Waals surface area contributed by atoms with Gasteiger partial charge in [-0.2, -0.15) is 0 Å². The number of carbonyl (C=O) groups is 1. The molecule has 2 aromatic heterocycles. The molecular formula is C18H20N4O2. The summed E-state index contributed by atoms with van der Waals surface area (Å²) in [6, 6.07) is 3.78. The van der Waals surface area contributed by atoms with Crippen molar-refractivity contribution in [2.45, 2.75) is 50.7 Å². The van der Waals surface area contributed by atoms with E-state index in [4.69, 9.17) is 4.74 Å². The SMILES string of the molecule is O=C(NCc1ccnc(OC2CCC2)c1)c1cncnc1C1CC1. The van der Waals surface area contributed by atoms with Crippen molar-refractivity contribution < 1.29 is 9.53 Å². The van der Waals surface area contributed by atoms with Crippen LogP contribution in [0.25, 0.3) is 0 Å². The van der Waals surface area contributed by atoms with Crippen LogP contribution in [-0.4, -0.2) is 27.0 Å². The smallest absolute Gasteiger partial charge is 0.254 e. The average Bonchev–Trinajstić information content (AvgIpc) is 3.41. The van der Waals surface area contributed by atoms with Crippen molar-refractivity contribution in [1.29, 1.82) is 0 Å². The van der Waals surface area contributed by atoms with Crippen LogP contribution < -0.4 is 10.1 Å². The van der Waals surface area contributed by atoms with Crippen LogP contribution in [0.3, 0.4) is 0 Å². The molecule has 0 saturated heterocycles. The van der Waals surface area contributed by atoms with Crippen molar-refractivity contribution in [3.05, 3.63) is 47.7 Å². The van der Waals surface area contributed by atoms with Crippen molar-refractivity contribution >= 4 is 5.91 Å². The summed E-state index contributed by atoms with van der Waals surface area (Å²) in [7, 11) is 0. The summed E-state index contributed by atoms with van der Waals surface area (Å²) in [5.41, 5.74) is 2.42. The summed E-state index contributed by atoms with van der Waals surface area (Å²) in [5, 5.41) is 2.94. The van der Waals surface area contributed by atoms with E-state index in [1.165, 1.54) is 12.7 Å². The van der Waals surface area contributed by atoms with Gasteiger partial charge in [-0.1, -0.05) is 0 Å². The Morgan fingerprint density at radius 3 is 2.88 bits per heavy atom. The van der Waals surface area contributed by atoms with Crippen molar-refractivity contribution in [2.24, 2.45) is 0 Å². The molecule has 0 atom stereocenters. The zero-order valence-corrected chi connectivity index (χ0v) is 13.4. The number of pyridine rings is 1. The van der Waals surface area contributed by atoms with Crippen molar-refractivity contribution in [2.75, 3.05) is 0 Å². The first-order valence-corrected chi connectivity index (χ1v) is 8.49. The molecule has 2 aliphatic rings. The Morgan fingerprint density at radius 2 is 2.12 bits per heavy atom. The molecule has 0 bridgehead atoms. The van der Waals surface area contributed by atoms with Gasteiger partial charge < -0.3 is 10.1 Å². The van der Waals surface area contributed by atoms with Gasteiger partial charge in [-0.3, -0.25) is 4.79 Å². The molecule has 124 valence electrons. The molecule has 0 radical (unpaired) electrons. The zero-order valence-electron chi connectivity index (χ0n) is 13.4. The maximum Gasteiger partial charge on any atom is 0.254 e. The van der Waals surface area contributed by atoms with Crippen LogP contribution in [0.4, 0.5) is 0 Å². The molecule has 2 heterocycles. The van der Waals surface area contributed by atoms with Crippen LogP contribution in [-0.2, 0) is 6.54 Å². The topological polar surface area (TPSA) is 77.0 Å². The lowest BCUT2D eigenvalue weighted by Crippen LogP contribution is -2.26. The van der Waals surface area contributed by atoms with Gasteiger partial charge in [-0.05, 0) is 43.7 Å². The molecule has 0 spiro atoms. The minimum Gasteiger partial charge on any atom is -0.474 e. The first-order chi connectivity index (χ1) is 11.8. The molecule has 6 heteroatoms. The number of ether oxygens (including phenoxy) is 1. The predicted molar refractivity (Wildman–Crippen MR) is 87.7 cm³/mol. The van der Waals surface area contributed by atoms with Gasteiger partial charge in [0.25, 0.3) is 5.91 Å². The molecule has 1 N–H and O–H groups in total. The number of rotatable bonds is 6. The van der Waals surface area contributed by atoms with Gasteiger partial charge >= 0.3 is 0 Å². The van der Waals surface area contributed by atoms with E-state index in [1.54, 1.807) is 12.4 Å². The molecule has 2 fully saturated rings. The van der Waals surface area contributed by atoms with Gasteiger partial charge in [0.15, 0.2) is 0 Å². The molecule has 2 saturated carbocycles. The Labute approximate surface area is 140 Å². The van der Waals surface area contributed by atoms with Gasteiger partial charge in [0.1, 0.15) is 12.4 Å². The molecular weight excluding hydrogens is 304 g/mol. The third kappa shape index (κ3) is 3.37. The summed E-state index contributed by atoms with van der Waals surface area (Å²) < 4.78 is 5.80. The molecule has 24 heavy (non-hydrogen) atoms. The Morgan fingerprint density at radius 1 is 1.25 bits per heavy atom. The van der Waals surface area contributed by atoms with E-state index in [1.807, 2.05) is 12.1 Å². The average molecular weight is 324 g/mol. The van der Waals surface area contributed by atoms with Crippen molar-refractivity contribution in [3.8, 4) is 5.88 Å². The normalized spacial score (nSPS) is 17.2. The van der Waals surface area contributed by atoms with Crippen LogP contribution in [0.5, 0.6) is 5.88 Å². The fourth-order valence-corrected chi connectivity index (χ4v) is 2.76. The number of amides is 1. The largest absolute Gasteiger partial charge is 0.474 e. The highest BCUT2D eigenvalue weighted by Crippen LogP contribution is 2.40. The second-order valence-electron chi connectivity index (χ2n) is 6.45. The minimum atomic E-state index is -0.129. The lowest BCUT2D eigenvalue weighted by Gasteiger charge is -2.25. The Kier molecular flexibility index (Phi) is 4.11. The summed E-state index contributed by atoms with van der Waals surface area (Å²) in [6.45, 7) is 0.432. The number of nitrogens with one attached hydrogen (secondary N) is 1. The Hall–Kier alpha value is -2.50. The van der Waals surface area contributed by atoms with Crippen molar-refractivity contribution in [3.63, 3.8) is 0 Å². The minimum absolute atomic E-state index is 0.129. The number of hydrogen-bond acceptors (Lipinski definition) is 5. The van der Waals surface area contributed by atoms with Gasteiger partial charge in [-0.25, -0.2) is 15.0 Å². The maximum atomic E-state index is 12.5. The second kappa shape index (κ2) is 6.55. The zero-order chi connectivity index (χ0) is 16.4. The van der Waals surface area contributed by atoms with E-state index >= 15 is 0 Å². The highest BCUT2D eigenvalue weighted by Gasteiger charge is 2.29. The fraction of sp³-hybridized carbons (Fsp3) is 0.444. The third-order valence-corrected chi connectivity index (χ3v) is 4.54. The Bertz CT molecular complexity index is 741. The summed E-state index contributed by atoms with van der Waals surface area (Å²) in [4.78, 5) is 25.0. The molecule has 0 aromatic carbocycles. The van der Waals surface area contributed by atoms with E-state index in [0.29, 0.717) is 30.0 Å². The van der Waals surface area contributed by atoms with Crippen LogP contribution in [0.1, 0.15) is 59.6 Å². The first-order valence-electron chi connectivity index (χ1n) is 8.49. The van der Waals surface area contributed by atoms with Gasteiger partial charge in [0, 0.05) is 30.9 Å². The van der Waals surface area contributed by atoms with Crippen LogP contribution in [0, 0.1) is 0 Å². The standard InChI is InChI=1S/C18H20N4O2/c23-18(15-10-19-11-22-17(15)13-4-5-13)21-9-12-6-7-20-16(8-12)24-14-2-1-3-14/h6-8,10-11,13-14H,1-5,9H2,(H,21,23). The number of aromatic nitrogens is 3. The quantitative estimate of drug-likeness (QED) is 0.884. The second-order valence-corrected chi connectivity index (χ2v) is 6.45. The molecule has 2 aliphatic carbocycles. The van der Waals surface area contributed by atoms with Gasteiger partial charge in [0.2, 0.25) is 5.88 Å². The molecule has 0 aliphatic heterocycles. The molecule has 2 aromatic rings. The first kappa shape index (κ1) is 15.1. The van der Waals surface area contributed by atoms with Crippen molar-refractivity contribution in [1.82, 2.24) is 20.3 Å². The van der Waals surface area contributed by atoms with Gasteiger partial charge in [-0.15, -0.1) is 0 Å². The van der Waals surface area contributed by atoms with E-state index in [2.05, 4.69) is 20.3 Å². The molecule has 0 unspecified atom stereocenters. The van der Waals surface area contributed by atoms with Crippen LogP contribution >= 0.6 is 0 Å². The van der Waals surface area contributed by atoms with Crippen LogP contribution in [0.15, 0.2) is 30.9 Å². The van der Waals surface area contributed by atoms with E-state index in [9.17, 15) is 4.79 Å². The predicted octanol–water partition coefficient (Wildman–Crippen LogP) is 2.61. The summed E-state index contributed by atoms with van der Waals surface area (Å²) in [5.74, 6) is 0.918. The molecule has 1 amide bonds. The molecule has 6 nitrogen and oxygen atoms in total. The number of hydrogen-bond donors (Lipinski definition) is 1. The lowest BCUT2D eigenvalue weighted by atomic mass is 9.96. The van der Waals surface area contributed by atoms with Gasteiger partial charge in [0.05, 0.1) is 11.3 Å². The lowest BCUT2D eigenvalue weighted by molar-refractivity contribution is 0.0948. The molecule has 4 rings (SSSR count). The highest BCUT2D eigenvalue weighted by molar-refractivity contribution is 5.95. The van der Waals surface area contributed by atoms with E-state index < -0.39 is 0 Å². The van der Waals surface area contributed by atoms with E-state index in [0.717, 1.165) is 36.9 Å². The third-order valence-electron chi connectivity index (χ3n) is 4.54. The number of carbonyl (C=O) groups excluding carboxylic acids is 1. The summed E-state index contributed by atoms with van der Waals surface area (Å²) in [6.07, 6.45) is 10.8. The van der Waals surface area contributed by atoms with E-state index in [-0.39, 0.29) is 5.91 Å². The maximum absolute atomic E-state index is 12.5. The van der Waals surface area contributed by atoms with Crippen LogP contribution in [0.2, 0.25) is 0 Å². The number of nitrogens with zero attached hydrogens (tertiary/aromatic N) is 3. The highest BCUT2D eigenvalue weighted by atomic mass is 16.5. The Balaban J connectivity index is 1.39. The fourth-order valence-electron chi connectivity index (χ4n) is 2.76. The monoisotopic (exact) mass is 324 g/mol. The summed E-state index contributed by atoms with van der Waals surface area (Å²) >= 11 is 0.